The number of fused-ring (bicyclic) bond motifs is 1. The van der Waals surface area contributed by atoms with Crippen LogP contribution in [0.4, 0.5) is 17.5 Å². The Morgan fingerprint density at radius 1 is 1.29 bits per heavy atom. The lowest BCUT2D eigenvalue weighted by Gasteiger charge is -2.31. The number of amides is 2. The van der Waals surface area contributed by atoms with Crippen LogP contribution in [0.1, 0.15) is 37.7 Å². The van der Waals surface area contributed by atoms with Gasteiger partial charge in [0.05, 0.1) is 24.3 Å². The van der Waals surface area contributed by atoms with Gasteiger partial charge in [0.25, 0.3) is 5.56 Å². The van der Waals surface area contributed by atoms with Gasteiger partial charge in [-0.2, -0.15) is 4.98 Å². The fourth-order valence-corrected chi connectivity index (χ4v) is 4.12. The number of benzene rings is 1. The van der Waals surface area contributed by atoms with E-state index in [9.17, 15) is 14.4 Å². The maximum Gasteiger partial charge on any atom is 0.258 e. The van der Waals surface area contributed by atoms with E-state index in [0.717, 1.165) is 25.9 Å². The number of aromatic nitrogens is 2. The molecule has 2 amide bonds. The van der Waals surface area contributed by atoms with Gasteiger partial charge in [-0.05, 0) is 37.0 Å². The second kappa shape index (κ2) is 8.58. The quantitative estimate of drug-likeness (QED) is 0.666. The molecule has 4 rings (SSSR count). The smallest absolute Gasteiger partial charge is 0.258 e. The minimum Gasteiger partial charge on any atom is -0.495 e. The highest BCUT2D eigenvalue weighted by atomic mass is 35.5. The summed E-state index contributed by atoms with van der Waals surface area (Å²) in [5.41, 5.74) is 0.0695. The first kappa shape index (κ1) is 21.2. The molecule has 3 heterocycles. The Hall–Kier alpha value is -3.07. The third-order valence-corrected chi connectivity index (χ3v) is 5.99. The summed E-state index contributed by atoms with van der Waals surface area (Å²) >= 11 is 6.03. The highest BCUT2D eigenvalue weighted by molar-refractivity contribution is 6.31. The third kappa shape index (κ3) is 4.36. The zero-order valence-electron chi connectivity index (χ0n) is 17.3. The number of aromatic amines is 1. The number of nitrogens with zero attached hydrogens (tertiary/aromatic N) is 2. The lowest BCUT2D eigenvalue weighted by molar-refractivity contribution is -0.123. The van der Waals surface area contributed by atoms with Crippen molar-refractivity contribution in [3.63, 3.8) is 0 Å². The zero-order chi connectivity index (χ0) is 22.1. The van der Waals surface area contributed by atoms with Crippen LogP contribution in [0, 0.1) is 5.92 Å². The summed E-state index contributed by atoms with van der Waals surface area (Å²) in [4.78, 5) is 47.6. The lowest BCUT2D eigenvalue weighted by Crippen LogP contribution is -2.39. The van der Waals surface area contributed by atoms with Gasteiger partial charge in [0.2, 0.25) is 17.8 Å². The number of ether oxygens (including phenoxy) is 1. The molecular weight excluding hydrogens is 422 g/mol. The van der Waals surface area contributed by atoms with Gasteiger partial charge in [-0.1, -0.05) is 18.5 Å². The van der Waals surface area contributed by atoms with Crippen molar-refractivity contribution >= 4 is 40.9 Å². The first-order valence-corrected chi connectivity index (χ1v) is 10.6. The van der Waals surface area contributed by atoms with Gasteiger partial charge in [-0.15, -0.1) is 0 Å². The van der Waals surface area contributed by atoms with Crippen molar-refractivity contribution in [3.05, 3.63) is 39.1 Å². The van der Waals surface area contributed by atoms with Gasteiger partial charge >= 0.3 is 0 Å². The van der Waals surface area contributed by atoms with Crippen molar-refractivity contribution < 1.29 is 14.3 Å². The summed E-state index contributed by atoms with van der Waals surface area (Å²) in [6.45, 7) is 3.74. The molecule has 0 aliphatic carbocycles. The van der Waals surface area contributed by atoms with Gasteiger partial charge < -0.3 is 20.3 Å². The average Bonchev–Trinajstić information content (AvgIpc) is 2.73. The van der Waals surface area contributed by atoms with Crippen LogP contribution in [0.25, 0.3) is 0 Å². The number of carbonyl (C=O) groups excluding carboxylic acids is 2. The van der Waals surface area contributed by atoms with E-state index in [1.807, 2.05) is 4.90 Å². The molecule has 1 fully saturated rings. The van der Waals surface area contributed by atoms with Crippen LogP contribution in [-0.4, -0.2) is 42.0 Å². The van der Waals surface area contributed by atoms with E-state index in [0.29, 0.717) is 28.3 Å². The fraction of sp³-hybridized carbons (Fsp3) is 0.429. The van der Waals surface area contributed by atoms with Gasteiger partial charge in [-0.25, -0.2) is 0 Å². The SMILES string of the molecule is COc1ccc(Cl)cc1NC(=O)[C@@H]1CC(=O)Nc2nc(N3CCC(C)CC3)[nH]c(=O)c21. The van der Waals surface area contributed by atoms with Gasteiger partial charge in [0.15, 0.2) is 0 Å². The maximum atomic E-state index is 13.0. The Balaban J connectivity index is 1.64. The molecule has 0 spiro atoms. The van der Waals surface area contributed by atoms with Crippen molar-refractivity contribution in [2.45, 2.75) is 32.1 Å². The summed E-state index contributed by atoms with van der Waals surface area (Å²) in [5.74, 6) is -0.290. The first-order chi connectivity index (χ1) is 14.9. The molecule has 0 unspecified atom stereocenters. The number of hydrogen-bond donors (Lipinski definition) is 3. The van der Waals surface area contributed by atoms with E-state index in [2.05, 4.69) is 27.5 Å². The van der Waals surface area contributed by atoms with Gasteiger partial charge in [0, 0.05) is 24.5 Å². The molecule has 3 N–H and O–H groups in total. The van der Waals surface area contributed by atoms with Crippen LogP contribution in [0.2, 0.25) is 5.02 Å². The minimum atomic E-state index is -0.987. The normalized spacial score (nSPS) is 18.9. The summed E-state index contributed by atoms with van der Waals surface area (Å²) in [5, 5.41) is 5.79. The number of methoxy groups -OCH3 is 1. The molecule has 164 valence electrons. The van der Waals surface area contributed by atoms with Crippen molar-refractivity contribution in [3.8, 4) is 5.75 Å². The molecule has 1 aromatic heterocycles. The number of hydrogen-bond acceptors (Lipinski definition) is 6. The van der Waals surface area contributed by atoms with Crippen LogP contribution in [0.3, 0.4) is 0 Å². The number of carbonyl (C=O) groups is 2. The summed E-state index contributed by atoms with van der Waals surface area (Å²) in [6, 6.07) is 4.81. The molecule has 2 aliphatic rings. The van der Waals surface area contributed by atoms with E-state index in [1.165, 1.54) is 7.11 Å². The molecule has 0 radical (unpaired) electrons. The number of halogens is 1. The van der Waals surface area contributed by atoms with E-state index < -0.39 is 17.4 Å². The number of nitrogens with one attached hydrogen (secondary N) is 3. The van der Waals surface area contributed by atoms with Crippen LogP contribution < -0.4 is 25.8 Å². The highest BCUT2D eigenvalue weighted by Gasteiger charge is 2.35. The average molecular weight is 446 g/mol. The standard InChI is InChI=1S/C21H24ClN5O4/c1-11-5-7-27(8-6-11)21-25-18-17(20(30)26-21)13(10-16(28)24-18)19(29)23-14-9-12(22)3-4-15(14)31-2/h3-4,9,11,13H,5-8,10H2,1-2H3,(H,23,29)(H2,24,25,26,28,30)/t13-/m1/s1. The largest absolute Gasteiger partial charge is 0.495 e. The number of piperidine rings is 1. The Labute approximate surface area is 184 Å². The molecule has 9 nitrogen and oxygen atoms in total. The van der Waals surface area contributed by atoms with E-state index in [1.54, 1.807) is 18.2 Å². The predicted octanol–water partition coefficient (Wildman–Crippen LogP) is 2.73. The van der Waals surface area contributed by atoms with Crippen LogP contribution in [0.15, 0.2) is 23.0 Å². The molecule has 10 heteroatoms. The molecule has 0 saturated carbocycles. The zero-order valence-corrected chi connectivity index (χ0v) is 18.1. The summed E-state index contributed by atoms with van der Waals surface area (Å²) < 4.78 is 5.25. The van der Waals surface area contributed by atoms with Gasteiger partial charge in [0.1, 0.15) is 11.6 Å². The van der Waals surface area contributed by atoms with Crippen molar-refractivity contribution in [1.82, 2.24) is 9.97 Å². The van der Waals surface area contributed by atoms with Gasteiger partial charge in [-0.3, -0.25) is 19.4 Å². The van der Waals surface area contributed by atoms with E-state index in [4.69, 9.17) is 16.3 Å². The molecular formula is C21H24ClN5O4. The van der Waals surface area contributed by atoms with Crippen LogP contribution >= 0.6 is 11.6 Å². The molecule has 31 heavy (non-hydrogen) atoms. The molecule has 1 aromatic carbocycles. The Morgan fingerprint density at radius 2 is 2.03 bits per heavy atom. The molecule has 2 aromatic rings. The monoisotopic (exact) mass is 445 g/mol. The summed E-state index contributed by atoms with van der Waals surface area (Å²) in [7, 11) is 1.47. The molecule has 1 saturated heterocycles. The Morgan fingerprint density at radius 3 is 2.74 bits per heavy atom. The minimum absolute atomic E-state index is 0.131. The Bertz CT molecular complexity index is 1080. The number of H-pyrrole nitrogens is 1. The van der Waals surface area contributed by atoms with E-state index >= 15 is 0 Å². The topological polar surface area (TPSA) is 116 Å². The van der Waals surface area contributed by atoms with Crippen molar-refractivity contribution in [1.29, 1.82) is 0 Å². The number of rotatable bonds is 4. The van der Waals surface area contributed by atoms with Crippen LogP contribution in [-0.2, 0) is 9.59 Å². The van der Waals surface area contributed by atoms with Crippen LogP contribution in [0.5, 0.6) is 5.75 Å². The summed E-state index contributed by atoms with van der Waals surface area (Å²) in [6.07, 6.45) is 1.84. The lowest BCUT2D eigenvalue weighted by atomic mass is 9.92. The predicted molar refractivity (Wildman–Crippen MR) is 118 cm³/mol. The molecule has 0 bridgehead atoms. The van der Waals surface area contributed by atoms with E-state index in [-0.39, 0.29) is 23.7 Å². The molecule has 1 atom stereocenters. The highest BCUT2D eigenvalue weighted by Crippen LogP contribution is 2.33. The maximum absolute atomic E-state index is 13.0. The second-order valence-corrected chi connectivity index (χ2v) is 8.40. The Kier molecular flexibility index (Phi) is 5.86. The molecule has 2 aliphatic heterocycles. The third-order valence-electron chi connectivity index (χ3n) is 5.76. The first-order valence-electron chi connectivity index (χ1n) is 10.2. The number of anilines is 3. The second-order valence-electron chi connectivity index (χ2n) is 7.96. The fourth-order valence-electron chi connectivity index (χ4n) is 3.95. The van der Waals surface area contributed by atoms with Crippen molar-refractivity contribution in [2.24, 2.45) is 5.92 Å². The van der Waals surface area contributed by atoms with Crippen molar-refractivity contribution in [2.75, 3.05) is 35.7 Å².